The van der Waals surface area contributed by atoms with Crippen molar-refractivity contribution in [2.45, 2.75) is 6.92 Å². The van der Waals surface area contributed by atoms with Crippen molar-refractivity contribution >= 4 is 11.4 Å². The van der Waals surface area contributed by atoms with Crippen LogP contribution in [0.1, 0.15) is 6.92 Å². The van der Waals surface area contributed by atoms with Gasteiger partial charge in [-0.25, -0.2) is 8.78 Å². The number of rotatable bonds is 3. The molecule has 78 valence electrons. The molecular weight excluding hydrogens is 190 g/mol. The molecule has 1 rings (SSSR count). The quantitative estimate of drug-likeness (QED) is 0.601. The molecule has 0 aliphatic heterocycles. The van der Waals surface area contributed by atoms with Crippen molar-refractivity contribution in [1.29, 1.82) is 0 Å². The van der Waals surface area contributed by atoms with E-state index in [2.05, 4.69) is 0 Å². The molecule has 0 saturated carbocycles. The van der Waals surface area contributed by atoms with Crippen LogP contribution in [-0.2, 0) is 4.84 Å². The highest BCUT2D eigenvalue weighted by Gasteiger charge is 2.15. The molecule has 0 unspecified atom stereocenters. The van der Waals surface area contributed by atoms with Gasteiger partial charge in [-0.05, 0) is 19.1 Å². The SMILES string of the molecule is CCON(C)c1c(N)ccc(F)c1F. The molecule has 1 aromatic rings. The van der Waals surface area contributed by atoms with E-state index in [1.165, 1.54) is 13.1 Å². The summed E-state index contributed by atoms with van der Waals surface area (Å²) < 4.78 is 26.1. The highest BCUT2D eigenvalue weighted by molar-refractivity contribution is 5.66. The molecule has 0 aliphatic rings. The fourth-order valence-corrected chi connectivity index (χ4v) is 1.13. The molecular formula is C9H12F2N2O. The van der Waals surface area contributed by atoms with Crippen LogP contribution in [0.4, 0.5) is 20.2 Å². The Morgan fingerprint density at radius 1 is 1.43 bits per heavy atom. The van der Waals surface area contributed by atoms with Crippen LogP contribution in [0.15, 0.2) is 12.1 Å². The van der Waals surface area contributed by atoms with Gasteiger partial charge in [-0.15, -0.1) is 0 Å². The molecule has 0 heterocycles. The number of benzene rings is 1. The molecule has 0 amide bonds. The lowest BCUT2D eigenvalue weighted by atomic mass is 10.2. The standard InChI is InChI=1S/C9H12F2N2O/c1-3-14-13(2)9-7(12)5-4-6(10)8(9)11/h4-5H,3,12H2,1-2H3. The number of nitrogen functional groups attached to an aromatic ring is 1. The predicted octanol–water partition coefficient (Wildman–Crippen LogP) is 1.93. The molecule has 0 bridgehead atoms. The number of nitrogens with zero attached hydrogens (tertiary/aromatic N) is 1. The van der Waals surface area contributed by atoms with Crippen molar-refractivity contribution in [3.05, 3.63) is 23.8 Å². The number of nitrogens with two attached hydrogens (primary N) is 1. The molecule has 0 aliphatic carbocycles. The van der Waals surface area contributed by atoms with Crippen LogP contribution in [0.2, 0.25) is 0 Å². The van der Waals surface area contributed by atoms with Crippen LogP contribution in [0.5, 0.6) is 0 Å². The van der Waals surface area contributed by atoms with Gasteiger partial charge >= 0.3 is 0 Å². The van der Waals surface area contributed by atoms with E-state index in [-0.39, 0.29) is 11.4 Å². The van der Waals surface area contributed by atoms with E-state index in [1.54, 1.807) is 6.92 Å². The summed E-state index contributed by atoms with van der Waals surface area (Å²) in [5, 5.41) is 1.12. The molecule has 0 fully saturated rings. The number of hydroxylamine groups is 1. The zero-order chi connectivity index (χ0) is 10.7. The van der Waals surface area contributed by atoms with E-state index in [4.69, 9.17) is 10.6 Å². The molecule has 3 nitrogen and oxygen atoms in total. The van der Waals surface area contributed by atoms with Crippen molar-refractivity contribution < 1.29 is 13.6 Å². The first-order valence-corrected chi connectivity index (χ1v) is 4.18. The van der Waals surface area contributed by atoms with Crippen LogP contribution >= 0.6 is 0 Å². The second-order valence-electron chi connectivity index (χ2n) is 2.71. The normalized spacial score (nSPS) is 10.3. The van der Waals surface area contributed by atoms with E-state index in [1.807, 2.05) is 0 Å². The minimum atomic E-state index is -0.999. The van der Waals surface area contributed by atoms with E-state index in [0.29, 0.717) is 6.61 Å². The van der Waals surface area contributed by atoms with Gasteiger partial charge in [0, 0.05) is 7.05 Å². The average Bonchev–Trinajstić information content (AvgIpc) is 2.13. The number of anilines is 2. The van der Waals surface area contributed by atoms with Gasteiger partial charge in [-0.1, -0.05) is 0 Å². The van der Waals surface area contributed by atoms with Crippen molar-refractivity contribution in [2.75, 3.05) is 24.5 Å². The Kier molecular flexibility index (Phi) is 3.24. The summed E-state index contributed by atoms with van der Waals surface area (Å²) >= 11 is 0. The lowest BCUT2D eigenvalue weighted by molar-refractivity contribution is 0.133. The fourth-order valence-electron chi connectivity index (χ4n) is 1.13. The first-order valence-electron chi connectivity index (χ1n) is 4.18. The van der Waals surface area contributed by atoms with E-state index in [0.717, 1.165) is 11.1 Å². The summed E-state index contributed by atoms with van der Waals surface area (Å²) in [5.74, 6) is -1.94. The summed E-state index contributed by atoms with van der Waals surface area (Å²) in [5.41, 5.74) is 5.55. The number of hydrogen-bond donors (Lipinski definition) is 1. The van der Waals surface area contributed by atoms with Crippen molar-refractivity contribution in [1.82, 2.24) is 0 Å². The van der Waals surface area contributed by atoms with Crippen LogP contribution in [-0.4, -0.2) is 13.7 Å². The first kappa shape index (κ1) is 10.7. The van der Waals surface area contributed by atoms with Gasteiger partial charge in [0.15, 0.2) is 11.6 Å². The predicted molar refractivity (Wildman–Crippen MR) is 50.8 cm³/mol. The molecule has 0 aromatic heterocycles. The summed E-state index contributed by atoms with van der Waals surface area (Å²) in [7, 11) is 1.47. The molecule has 14 heavy (non-hydrogen) atoms. The van der Waals surface area contributed by atoms with Gasteiger partial charge in [0.05, 0.1) is 12.3 Å². The average molecular weight is 202 g/mol. The highest BCUT2D eigenvalue weighted by Crippen LogP contribution is 2.27. The van der Waals surface area contributed by atoms with Crippen molar-refractivity contribution in [3.63, 3.8) is 0 Å². The summed E-state index contributed by atoms with van der Waals surface area (Å²) in [6.07, 6.45) is 0. The maximum absolute atomic E-state index is 13.3. The first-order chi connectivity index (χ1) is 6.57. The Morgan fingerprint density at radius 3 is 2.64 bits per heavy atom. The van der Waals surface area contributed by atoms with Gasteiger partial charge in [0.25, 0.3) is 0 Å². The molecule has 0 saturated heterocycles. The minimum Gasteiger partial charge on any atom is -0.397 e. The number of hydrogen-bond acceptors (Lipinski definition) is 3. The molecule has 0 radical (unpaired) electrons. The highest BCUT2D eigenvalue weighted by atomic mass is 19.2. The smallest absolute Gasteiger partial charge is 0.186 e. The van der Waals surface area contributed by atoms with E-state index < -0.39 is 11.6 Å². The lowest BCUT2D eigenvalue weighted by Crippen LogP contribution is -2.20. The summed E-state index contributed by atoms with van der Waals surface area (Å²) in [4.78, 5) is 4.99. The van der Waals surface area contributed by atoms with Crippen LogP contribution in [0.25, 0.3) is 0 Å². The van der Waals surface area contributed by atoms with Gasteiger partial charge in [0.1, 0.15) is 5.69 Å². The van der Waals surface area contributed by atoms with Crippen molar-refractivity contribution in [3.8, 4) is 0 Å². The van der Waals surface area contributed by atoms with E-state index >= 15 is 0 Å². The van der Waals surface area contributed by atoms with Gasteiger partial charge in [0.2, 0.25) is 0 Å². The minimum absolute atomic E-state index is 0.0770. The third kappa shape index (κ3) is 1.93. The zero-order valence-corrected chi connectivity index (χ0v) is 8.05. The molecule has 5 heteroatoms. The Balaban J connectivity index is 3.11. The van der Waals surface area contributed by atoms with Gasteiger partial charge in [-0.3, -0.25) is 9.90 Å². The largest absolute Gasteiger partial charge is 0.397 e. The second-order valence-corrected chi connectivity index (χ2v) is 2.71. The zero-order valence-electron chi connectivity index (χ0n) is 8.05. The third-order valence-electron chi connectivity index (χ3n) is 1.74. The summed E-state index contributed by atoms with van der Waals surface area (Å²) in [6, 6.07) is 2.28. The third-order valence-corrected chi connectivity index (χ3v) is 1.74. The second kappa shape index (κ2) is 4.23. The summed E-state index contributed by atoms with van der Waals surface area (Å²) in [6.45, 7) is 2.09. The Labute approximate surface area is 81.0 Å². The Bertz CT molecular complexity index is 331. The van der Waals surface area contributed by atoms with Crippen LogP contribution in [0.3, 0.4) is 0 Å². The van der Waals surface area contributed by atoms with Crippen LogP contribution in [0, 0.1) is 11.6 Å². The monoisotopic (exact) mass is 202 g/mol. The maximum atomic E-state index is 13.3. The fraction of sp³-hybridized carbons (Fsp3) is 0.333. The van der Waals surface area contributed by atoms with Gasteiger partial charge < -0.3 is 5.73 Å². The lowest BCUT2D eigenvalue weighted by Gasteiger charge is -2.20. The van der Waals surface area contributed by atoms with Crippen LogP contribution < -0.4 is 10.8 Å². The van der Waals surface area contributed by atoms with Gasteiger partial charge in [-0.2, -0.15) is 0 Å². The Hall–Kier alpha value is -1.36. The topological polar surface area (TPSA) is 38.5 Å². The maximum Gasteiger partial charge on any atom is 0.186 e. The number of halogens is 2. The molecule has 1 aromatic carbocycles. The molecule has 0 spiro atoms. The Morgan fingerprint density at radius 2 is 2.07 bits per heavy atom. The van der Waals surface area contributed by atoms with E-state index in [9.17, 15) is 8.78 Å². The molecule has 2 N–H and O–H groups in total. The van der Waals surface area contributed by atoms with Crippen molar-refractivity contribution in [2.24, 2.45) is 0 Å². The molecule has 0 atom stereocenters.